The molecule has 1 atom stereocenters. The van der Waals surface area contributed by atoms with Crippen LogP contribution in [0, 0.1) is 0 Å². The number of ketones is 1. The van der Waals surface area contributed by atoms with E-state index in [1.165, 1.54) is 25.0 Å². The number of carbonyl (C=O) groups excluding carboxylic acids is 1. The first-order valence-corrected chi connectivity index (χ1v) is 10.4. The third-order valence-corrected chi connectivity index (χ3v) is 5.07. The van der Waals surface area contributed by atoms with Crippen molar-refractivity contribution < 1.29 is 9.90 Å². The van der Waals surface area contributed by atoms with Gasteiger partial charge in [0.15, 0.2) is 5.78 Å². The Morgan fingerprint density at radius 1 is 0.667 bits per heavy atom. The fraction of sp³-hybridized carbons (Fsp3) is 0.0455. The van der Waals surface area contributed by atoms with Crippen LogP contribution in [0.4, 0.5) is 0 Å². The standard InChI is InChI=1S/C11H9BrN2O.C11H7BrN2O/c2*12-10-3-1-8(2-4-10)11(15)9-5-13-7-14-6-9/h1-7,11,15H;1-7H. The molecular formula is C22H16Br2N4O2. The van der Waals surface area contributed by atoms with Crippen molar-refractivity contribution in [3.63, 3.8) is 0 Å². The first-order valence-electron chi connectivity index (χ1n) is 8.78. The van der Waals surface area contributed by atoms with Crippen LogP contribution in [0.25, 0.3) is 0 Å². The van der Waals surface area contributed by atoms with Crippen molar-refractivity contribution in [1.82, 2.24) is 19.9 Å². The van der Waals surface area contributed by atoms with Gasteiger partial charge in [0.05, 0.1) is 5.56 Å². The molecule has 8 heteroatoms. The summed E-state index contributed by atoms with van der Waals surface area (Å²) in [5.41, 5.74) is 2.65. The zero-order valence-electron chi connectivity index (χ0n) is 15.6. The minimum atomic E-state index is -0.667. The number of aliphatic hydroxyl groups excluding tert-OH is 1. The highest BCUT2D eigenvalue weighted by molar-refractivity contribution is 9.10. The molecule has 150 valence electrons. The van der Waals surface area contributed by atoms with E-state index in [0.29, 0.717) is 16.7 Å². The first kappa shape index (κ1) is 21.9. The molecule has 6 nitrogen and oxygen atoms in total. The van der Waals surface area contributed by atoms with Gasteiger partial charge >= 0.3 is 0 Å². The van der Waals surface area contributed by atoms with Gasteiger partial charge in [0.2, 0.25) is 0 Å². The maximum Gasteiger partial charge on any atom is 0.196 e. The van der Waals surface area contributed by atoms with Crippen LogP contribution in [0.1, 0.15) is 33.2 Å². The van der Waals surface area contributed by atoms with E-state index in [2.05, 4.69) is 51.8 Å². The second kappa shape index (κ2) is 10.8. The van der Waals surface area contributed by atoms with Crippen molar-refractivity contribution in [3.05, 3.63) is 117 Å². The largest absolute Gasteiger partial charge is 0.384 e. The Morgan fingerprint density at radius 2 is 1.13 bits per heavy atom. The third kappa shape index (κ3) is 6.09. The third-order valence-electron chi connectivity index (χ3n) is 4.01. The molecule has 0 spiro atoms. The number of rotatable bonds is 4. The number of nitrogens with zero attached hydrogens (tertiary/aromatic N) is 4. The lowest BCUT2D eigenvalue weighted by molar-refractivity contribution is 0.103. The number of benzene rings is 2. The molecule has 30 heavy (non-hydrogen) atoms. The zero-order chi connectivity index (χ0) is 21.3. The van der Waals surface area contributed by atoms with Gasteiger partial charge in [0, 0.05) is 44.9 Å². The molecule has 4 aromatic rings. The van der Waals surface area contributed by atoms with Crippen molar-refractivity contribution in [2.24, 2.45) is 0 Å². The molecule has 4 rings (SSSR count). The van der Waals surface area contributed by atoms with Gasteiger partial charge < -0.3 is 5.11 Å². The lowest BCUT2D eigenvalue weighted by Crippen LogP contribution is -2.01. The maximum atomic E-state index is 11.9. The van der Waals surface area contributed by atoms with Crippen LogP contribution in [0.3, 0.4) is 0 Å². The van der Waals surface area contributed by atoms with E-state index in [1.54, 1.807) is 24.5 Å². The van der Waals surface area contributed by atoms with Gasteiger partial charge in [-0.25, -0.2) is 19.9 Å². The highest BCUT2D eigenvalue weighted by Crippen LogP contribution is 2.22. The molecule has 0 amide bonds. The Morgan fingerprint density at radius 3 is 1.67 bits per heavy atom. The fourth-order valence-corrected chi connectivity index (χ4v) is 3.00. The highest BCUT2D eigenvalue weighted by Gasteiger charge is 2.10. The molecule has 0 radical (unpaired) electrons. The van der Waals surface area contributed by atoms with Gasteiger partial charge in [-0.05, 0) is 42.0 Å². The molecule has 2 aromatic heterocycles. The number of carbonyl (C=O) groups is 1. The number of aromatic nitrogens is 4. The van der Waals surface area contributed by atoms with Crippen LogP contribution in [-0.4, -0.2) is 30.8 Å². The van der Waals surface area contributed by atoms with Crippen LogP contribution in [0.5, 0.6) is 0 Å². The summed E-state index contributed by atoms with van der Waals surface area (Å²) in [7, 11) is 0. The lowest BCUT2D eigenvalue weighted by atomic mass is 10.0. The average Bonchev–Trinajstić information content (AvgIpc) is 2.81. The van der Waals surface area contributed by atoms with E-state index in [9.17, 15) is 9.90 Å². The minimum Gasteiger partial charge on any atom is -0.384 e. The van der Waals surface area contributed by atoms with Gasteiger partial charge in [-0.1, -0.05) is 44.0 Å². The summed E-state index contributed by atoms with van der Waals surface area (Å²) in [6, 6.07) is 14.7. The van der Waals surface area contributed by atoms with E-state index in [1.807, 2.05) is 36.4 Å². The Hall–Kier alpha value is -2.81. The van der Waals surface area contributed by atoms with E-state index < -0.39 is 6.10 Å². The van der Waals surface area contributed by atoms with Crippen LogP contribution >= 0.6 is 31.9 Å². The van der Waals surface area contributed by atoms with Crippen molar-refractivity contribution in [1.29, 1.82) is 0 Å². The van der Waals surface area contributed by atoms with Gasteiger partial charge in [-0.3, -0.25) is 4.79 Å². The lowest BCUT2D eigenvalue weighted by Gasteiger charge is -2.09. The van der Waals surface area contributed by atoms with Crippen LogP contribution in [-0.2, 0) is 0 Å². The number of hydrogen-bond acceptors (Lipinski definition) is 6. The molecule has 0 aliphatic rings. The Kier molecular flexibility index (Phi) is 7.89. The molecule has 0 aliphatic carbocycles. The molecule has 2 heterocycles. The summed E-state index contributed by atoms with van der Waals surface area (Å²) >= 11 is 6.66. The molecule has 2 aromatic carbocycles. The second-order valence-electron chi connectivity index (χ2n) is 6.09. The molecule has 0 saturated carbocycles. The molecule has 1 unspecified atom stereocenters. The Bertz CT molecular complexity index is 1080. The summed E-state index contributed by atoms with van der Waals surface area (Å²) in [6.45, 7) is 0. The molecule has 0 aliphatic heterocycles. The SMILES string of the molecule is O=C(c1ccc(Br)cc1)c1cncnc1.OC(c1ccc(Br)cc1)c1cncnc1. The van der Waals surface area contributed by atoms with Crippen molar-refractivity contribution in [2.45, 2.75) is 6.10 Å². The topological polar surface area (TPSA) is 88.9 Å². The summed E-state index contributed by atoms with van der Waals surface area (Å²) in [4.78, 5) is 27.2. The first-order chi connectivity index (χ1) is 14.5. The monoisotopic (exact) mass is 526 g/mol. The predicted octanol–water partition coefficient (Wildman–Crippen LogP) is 4.79. The summed E-state index contributed by atoms with van der Waals surface area (Å²) in [5.74, 6) is -0.0666. The maximum absolute atomic E-state index is 11.9. The summed E-state index contributed by atoms with van der Waals surface area (Å²) < 4.78 is 1.94. The van der Waals surface area contributed by atoms with E-state index >= 15 is 0 Å². The fourth-order valence-electron chi connectivity index (χ4n) is 2.47. The Labute approximate surface area is 190 Å². The summed E-state index contributed by atoms with van der Waals surface area (Å²) in [6.07, 6.45) is 8.42. The summed E-state index contributed by atoms with van der Waals surface area (Å²) in [5, 5.41) is 9.99. The minimum absolute atomic E-state index is 0.0666. The van der Waals surface area contributed by atoms with Gasteiger partial charge in [-0.2, -0.15) is 0 Å². The van der Waals surface area contributed by atoms with Crippen LogP contribution < -0.4 is 0 Å². The number of aliphatic hydroxyl groups is 1. The quantitative estimate of drug-likeness (QED) is 0.384. The van der Waals surface area contributed by atoms with Gasteiger partial charge in [0.25, 0.3) is 0 Å². The second-order valence-corrected chi connectivity index (χ2v) is 7.92. The Balaban J connectivity index is 0.000000171. The molecular weight excluding hydrogens is 512 g/mol. The van der Waals surface area contributed by atoms with Crippen LogP contribution in [0.2, 0.25) is 0 Å². The van der Waals surface area contributed by atoms with E-state index in [-0.39, 0.29) is 5.78 Å². The van der Waals surface area contributed by atoms with Crippen molar-refractivity contribution >= 4 is 37.6 Å². The predicted molar refractivity (Wildman–Crippen MR) is 120 cm³/mol. The van der Waals surface area contributed by atoms with E-state index in [0.717, 1.165) is 14.5 Å². The molecule has 1 N–H and O–H groups in total. The average molecular weight is 528 g/mol. The van der Waals surface area contributed by atoms with Crippen molar-refractivity contribution in [2.75, 3.05) is 0 Å². The molecule has 0 fully saturated rings. The number of hydrogen-bond donors (Lipinski definition) is 1. The van der Waals surface area contributed by atoms with E-state index in [4.69, 9.17) is 0 Å². The molecule has 0 saturated heterocycles. The normalized spacial score (nSPS) is 11.2. The van der Waals surface area contributed by atoms with Gasteiger partial charge in [-0.15, -0.1) is 0 Å². The molecule has 0 bridgehead atoms. The van der Waals surface area contributed by atoms with Crippen LogP contribution in [0.15, 0.2) is 94.9 Å². The zero-order valence-corrected chi connectivity index (χ0v) is 18.7. The highest BCUT2D eigenvalue weighted by atomic mass is 79.9. The number of halogens is 2. The van der Waals surface area contributed by atoms with Gasteiger partial charge in [0.1, 0.15) is 18.8 Å². The smallest absolute Gasteiger partial charge is 0.196 e. The van der Waals surface area contributed by atoms with Crippen molar-refractivity contribution in [3.8, 4) is 0 Å².